The first-order valence-corrected chi connectivity index (χ1v) is 8.10. The Balaban J connectivity index is 2.90. The van der Waals surface area contributed by atoms with Crippen LogP contribution in [0.25, 0.3) is 0 Å². The lowest BCUT2D eigenvalue weighted by Crippen LogP contribution is -2.38. The van der Waals surface area contributed by atoms with E-state index in [1.165, 1.54) is 45.0 Å². The molecule has 0 saturated heterocycles. The number of benzene rings is 1. The molecule has 6 nitrogen and oxygen atoms in total. The maximum Gasteiger partial charge on any atom is 0.310 e. The Morgan fingerprint density at radius 1 is 1.29 bits per heavy atom. The molecule has 0 spiro atoms. The van der Waals surface area contributed by atoms with Crippen LogP contribution in [-0.4, -0.2) is 37.7 Å². The highest BCUT2D eigenvalue weighted by atomic mass is 32.2. The molecule has 21 heavy (non-hydrogen) atoms. The first-order chi connectivity index (χ1) is 9.60. The normalized spacial score (nSPS) is 12.0. The van der Waals surface area contributed by atoms with Gasteiger partial charge in [0.2, 0.25) is 0 Å². The molecule has 1 rings (SSSR count). The molecular weight excluding hydrogens is 294 g/mol. The summed E-state index contributed by atoms with van der Waals surface area (Å²) < 4.78 is 23.5. The van der Waals surface area contributed by atoms with Crippen LogP contribution in [0.2, 0.25) is 0 Å². The molecule has 0 bridgehead atoms. The van der Waals surface area contributed by atoms with Gasteiger partial charge in [0.15, 0.2) is 9.84 Å². The van der Waals surface area contributed by atoms with Gasteiger partial charge in [-0.2, -0.15) is 0 Å². The summed E-state index contributed by atoms with van der Waals surface area (Å²) in [6, 6.07) is 5.69. The lowest BCUT2D eigenvalue weighted by molar-refractivity contribution is -0.146. The summed E-state index contributed by atoms with van der Waals surface area (Å²) >= 11 is 0. The average Bonchev–Trinajstić information content (AvgIpc) is 2.44. The molecule has 116 valence electrons. The van der Waals surface area contributed by atoms with Crippen molar-refractivity contribution >= 4 is 21.7 Å². The van der Waals surface area contributed by atoms with Crippen LogP contribution in [0.4, 0.5) is 0 Å². The van der Waals surface area contributed by atoms with Gasteiger partial charge in [0.25, 0.3) is 5.91 Å². The van der Waals surface area contributed by atoms with E-state index in [2.05, 4.69) is 5.32 Å². The number of carboxylic acid groups (broad SMARTS) is 1. The highest BCUT2D eigenvalue weighted by Crippen LogP contribution is 2.15. The number of carbonyl (C=O) groups excluding carboxylic acids is 1. The minimum Gasteiger partial charge on any atom is -0.481 e. The molecule has 0 saturated carbocycles. The molecule has 0 aromatic heterocycles. The number of hydrogen-bond donors (Lipinski definition) is 2. The third-order valence-corrected chi connectivity index (χ3v) is 4.84. The van der Waals surface area contributed by atoms with Crippen LogP contribution < -0.4 is 5.32 Å². The highest BCUT2D eigenvalue weighted by Gasteiger charge is 2.27. The molecule has 7 heteroatoms. The lowest BCUT2D eigenvalue weighted by atomic mass is 9.94. The quantitative estimate of drug-likeness (QED) is 0.825. The highest BCUT2D eigenvalue weighted by molar-refractivity contribution is 7.91. The van der Waals surface area contributed by atoms with Crippen LogP contribution in [0.15, 0.2) is 29.2 Å². The first kappa shape index (κ1) is 17.2. The second-order valence-corrected chi connectivity index (χ2v) is 7.58. The Morgan fingerprint density at radius 3 is 2.43 bits per heavy atom. The largest absolute Gasteiger partial charge is 0.481 e. The summed E-state index contributed by atoms with van der Waals surface area (Å²) in [6.07, 6.45) is 0. The number of carbonyl (C=O) groups is 2. The molecule has 1 aromatic carbocycles. The zero-order valence-electron chi connectivity index (χ0n) is 12.2. The molecule has 0 aliphatic carbocycles. The number of aliphatic carboxylic acids is 1. The number of carboxylic acids is 1. The van der Waals surface area contributed by atoms with Gasteiger partial charge in [0, 0.05) is 12.1 Å². The zero-order valence-corrected chi connectivity index (χ0v) is 13.0. The van der Waals surface area contributed by atoms with Crippen molar-refractivity contribution in [3.63, 3.8) is 0 Å². The van der Waals surface area contributed by atoms with Crippen molar-refractivity contribution in [2.45, 2.75) is 25.7 Å². The van der Waals surface area contributed by atoms with E-state index < -0.39 is 27.1 Å². The monoisotopic (exact) mass is 313 g/mol. The Morgan fingerprint density at radius 2 is 1.90 bits per heavy atom. The fourth-order valence-electron chi connectivity index (χ4n) is 1.48. The fraction of sp³-hybridized carbons (Fsp3) is 0.429. The Labute approximate surface area is 124 Å². The summed E-state index contributed by atoms with van der Waals surface area (Å²) in [5.41, 5.74) is -0.909. The summed E-state index contributed by atoms with van der Waals surface area (Å²) in [5.74, 6) is -1.58. The van der Waals surface area contributed by atoms with Crippen molar-refractivity contribution in [2.75, 3.05) is 12.3 Å². The van der Waals surface area contributed by atoms with E-state index >= 15 is 0 Å². The van der Waals surface area contributed by atoms with Gasteiger partial charge in [-0.15, -0.1) is 0 Å². The maximum atomic E-state index is 12.0. The number of amides is 1. The molecule has 0 fully saturated rings. The summed E-state index contributed by atoms with van der Waals surface area (Å²) in [5, 5.41) is 11.5. The Bertz CT molecular complexity index is 649. The van der Waals surface area contributed by atoms with E-state index in [4.69, 9.17) is 5.11 Å². The minimum absolute atomic E-state index is 0.0497. The van der Waals surface area contributed by atoms with Crippen LogP contribution >= 0.6 is 0 Å². The summed E-state index contributed by atoms with van der Waals surface area (Å²) in [6.45, 7) is 4.46. The van der Waals surface area contributed by atoms with Gasteiger partial charge in [-0.3, -0.25) is 9.59 Å². The smallest absolute Gasteiger partial charge is 0.310 e. The van der Waals surface area contributed by atoms with Gasteiger partial charge < -0.3 is 10.4 Å². The number of nitrogens with one attached hydrogen (secondary N) is 1. The Kier molecular flexibility index (Phi) is 5.11. The lowest BCUT2D eigenvalue weighted by Gasteiger charge is -2.19. The SMILES string of the molecule is CCS(=O)(=O)c1cccc(C(=O)NCC(C)(C)C(=O)O)c1. The van der Waals surface area contributed by atoms with Crippen LogP contribution in [0, 0.1) is 5.41 Å². The fourth-order valence-corrected chi connectivity index (χ4v) is 2.40. The number of rotatable bonds is 6. The van der Waals surface area contributed by atoms with E-state index in [0.717, 1.165) is 0 Å². The van der Waals surface area contributed by atoms with Crippen molar-refractivity contribution in [1.82, 2.24) is 5.32 Å². The molecule has 0 aliphatic heterocycles. The molecular formula is C14H19NO5S. The second-order valence-electron chi connectivity index (χ2n) is 5.30. The van der Waals surface area contributed by atoms with Crippen LogP contribution in [0.5, 0.6) is 0 Å². The van der Waals surface area contributed by atoms with Crippen LogP contribution in [0.1, 0.15) is 31.1 Å². The van der Waals surface area contributed by atoms with Crippen molar-refractivity contribution in [1.29, 1.82) is 0 Å². The van der Waals surface area contributed by atoms with Gasteiger partial charge in [0.1, 0.15) is 0 Å². The summed E-state index contributed by atoms with van der Waals surface area (Å²) in [7, 11) is -3.39. The van der Waals surface area contributed by atoms with Crippen molar-refractivity contribution in [2.24, 2.45) is 5.41 Å². The molecule has 0 aliphatic rings. The zero-order chi connectivity index (χ0) is 16.3. The summed E-state index contributed by atoms with van der Waals surface area (Å²) in [4.78, 5) is 23.0. The van der Waals surface area contributed by atoms with Crippen LogP contribution in [0.3, 0.4) is 0 Å². The number of hydrogen-bond acceptors (Lipinski definition) is 4. The predicted molar refractivity (Wildman–Crippen MR) is 77.9 cm³/mol. The minimum atomic E-state index is -3.39. The maximum absolute atomic E-state index is 12.0. The third kappa shape index (κ3) is 4.29. The number of sulfone groups is 1. The van der Waals surface area contributed by atoms with Gasteiger partial charge in [-0.05, 0) is 32.0 Å². The molecule has 0 unspecified atom stereocenters. The average molecular weight is 313 g/mol. The van der Waals surface area contributed by atoms with Crippen molar-refractivity contribution in [3.8, 4) is 0 Å². The van der Waals surface area contributed by atoms with Crippen molar-refractivity contribution in [3.05, 3.63) is 29.8 Å². The molecule has 0 radical (unpaired) electrons. The van der Waals surface area contributed by atoms with E-state index in [-0.39, 0.29) is 22.8 Å². The van der Waals surface area contributed by atoms with E-state index in [9.17, 15) is 18.0 Å². The van der Waals surface area contributed by atoms with E-state index in [0.29, 0.717) is 0 Å². The second kappa shape index (κ2) is 6.26. The van der Waals surface area contributed by atoms with Crippen molar-refractivity contribution < 1.29 is 23.1 Å². The van der Waals surface area contributed by atoms with E-state index in [1.54, 1.807) is 0 Å². The molecule has 2 N–H and O–H groups in total. The third-order valence-electron chi connectivity index (χ3n) is 3.11. The predicted octanol–water partition coefficient (Wildman–Crippen LogP) is 1.32. The Hall–Kier alpha value is -1.89. The molecule has 1 amide bonds. The van der Waals surface area contributed by atoms with Gasteiger partial charge in [-0.1, -0.05) is 13.0 Å². The van der Waals surface area contributed by atoms with E-state index in [1.807, 2.05) is 0 Å². The first-order valence-electron chi connectivity index (χ1n) is 6.44. The van der Waals surface area contributed by atoms with Gasteiger partial charge in [0.05, 0.1) is 16.1 Å². The van der Waals surface area contributed by atoms with Gasteiger partial charge >= 0.3 is 5.97 Å². The standard InChI is InChI=1S/C14H19NO5S/c1-4-21(19,20)11-7-5-6-10(8-11)12(16)15-9-14(2,3)13(17)18/h5-8H,4,9H2,1-3H3,(H,15,16)(H,17,18). The van der Waals surface area contributed by atoms with Crippen LogP contribution in [-0.2, 0) is 14.6 Å². The topological polar surface area (TPSA) is 101 Å². The van der Waals surface area contributed by atoms with Gasteiger partial charge in [-0.25, -0.2) is 8.42 Å². The molecule has 0 atom stereocenters. The molecule has 1 aromatic rings. The molecule has 0 heterocycles.